The molecule has 3 nitrogen and oxygen atoms in total. The highest BCUT2D eigenvalue weighted by Crippen LogP contribution is 2.16. The molecule has 4 heteroatoms. The van der Waals surface area contributed by atoms with Crippen molar-refractivity contribution in [3.63, 3.8) is 0 Å². The van der Waals surface area contributed by atoms with E-state index in [1.54, 1.807) is 25.1 Å². The van der Waals surface area contributed by atoms with Crippen molar-refractivity contribution in [2.45, 2.75) is 13.3 Å². The minimum Gasteiger partial charge on any atom is -0.465 e. The van der Waals surface area contributed by atoms with Crippen molar-refractivity contribution < 1.29 is 9.53 Å². The summed E-state index contributed by atoms with van der Waals surface area (Å²) in [5, 5.41) is 9.04. The maximum absolute atomic E-state index is 11.0. The van der Waals surface area contributed by atoms with Crippen molar-refractivity contribution in [3.05, 3.63) is 34.3 Å². The van der Waals surface area contributed by atoms with E-state index in [0.717, 1.165) is 0 Å². The first-order valence-electron chi connectivity index (χ1n) is 5.01. The third-order valence-electron chi connectivity index (χ3n) is 1.86. The van der Waals surface area contributed by atoms with Gasteiger partial charge in [0.1, 0.15) is 12.5 Å². The highest BCUT2D eigenvalue weighted by Gasteiger charge is 1.99. The van der Waals surface area contributed by atoms with E-state index in [1.165, 1.54) is 0 Å². The Labute approximate surface area is 105 Å². The van der Waals surface area contributed by atoms with Crippen molar-refractivity contribution in [1.82, 2.24) is 0 Å². The summed E-state index contributed by atoms with van der Waals surface area (Å²) in [6, 6.07) is 6.83. The lowest BCUT2D eigenvalue weighted by atomic mass is 10.1. The minimum absolute atomic E-state index is 0.0471. The average Bonchev–Trinajstić information content (AvgIpc) is 2.29. The van der Waals surface area contributed by atoms with Gasteiger partial charge in [-0.25, -0.2) is 0 Å². The van der Waals surface area contributed by atoms with Crippen LogP contribution in [-0.2, 0) is 9.53 Å². The van der Waals surface area contributed by atoms with E-state index in [-0.39, 0.29) is 12.4 Å². The van der Waals surface area contributed by atoms with Crippen LogP contribution in [0.25, 0.3) is 0 Å². The van der Waals surface area contributed by atoms with Crippen molar-refractivity contribution in [1.29, 1.82) is 5.26 Å². The smallest absolute Gasteiger partial charge is 0.317 e. The molecule has 0 aromatic heterocycles. The number of carbonyl (C=O) groups excluding carboxylic acids is 1. The number of nitrogens with zero attached hydrogens (tertiary/aromatic N) is 1. The van der Waals surface area contributed by atoms with E-state index in [9.17, 15) is 4.79 Å². The third kappa shape index (κ3) is 4.18. The number of carbonyl (C=O) groups is 1. The SMILES string of the molecule is CCOC(=O)CC#Cc1ccc(C#N)c(Cl)c1. The van der Waals surface area contributed by atoms with Gasteiger partial charge in [0.2, 0.25) is 0 Å². The molecule has 0 aliphatic carbocycles. The predicted octanol–water partition coefficient (Wildman–Crippen LogP) is 2.52. The number of hydrogen-bond donors (Lipinski definition) is 0. The van der Waals surface area contributed by atoms with Gasteiger partial charge in [0.15, 0.2) is 0 Å². The van der Waals surface area contributed by atoms with E-state index in [1.807, 2.05) is 6.07 Å². The number of benzene rings is 1. The summed E-state index contributed by atoms with van der Waals surface area (Å²) in [6.45, 7) is 2.09. The second-order valence-corrected chi connectivity index (χ2v) is 3.50. The van der Waals surface area contributed by atoms with E-state index in [2.05, 4.69) is 11.8 Å². The van der Waals surface area contributed by atoms with Gasteiger partial charge in [0.25, 0.3) is 0 Å². The molecular formula is C13H10ClNO2. The maximum atomic E-state index is 11.0. The molecule has 0 saturated heterocycles. The van der Waals surface area contributed by atoms with Gasteiger partial charge in [0.05, 0.1) is 17.2 Å². The van der Waals surface area contributed by atoms with Crippen molar-refractivity contribution >= 4 is 17.6 Å². The average molecular weight is 248 g/mol. The molecule has 0 spiro atoms. The molecule has 86 valence electrons. The largest absolute Gasteiger partial charge is 0.465 e. The molecular weight excluding hydrogens is 238 g/mol. The molecule has 0 N–H and O–H groups in total. The fourth-order valence-electron chi connectivity index (χ4n) is 1.11. The van der Waals surface area contributed by atoms with Crippen LogP contribution in [0.1, 0.15) is 24.5 Å². The van der Waals surface area contributed by atoms with Crippen LogP contribution in [0.2, 0.25) is 5.02 Å². The van der Waals surface area contributed by atoms with Gasteiger partial charge in [-0.1, -0.05) is 23.4 Å². The summed E-state index contributed by atoms with van der Waals surface area (Å²) >= 11 is 5.84. The van der Waals surface area contributed by atoms with Crippen LogP contribution in [0.5, 0.6) is 0 Å². The molecule has 0 radical (unpaired) electrons. The Hall–Kier alpha value is -1.97. The molecule has 0 fully saturated rings. The quantitative estimate of drug-likeness (QED) is 0.596. The monoisotopic (exact) mass is 247 g/mol. The first-order chi connectivity index (χ1) is 8.17. The molecule has 0 bridgehead atoms. The number of halogens is 1. The Balaban J connectivity index is 2.70. The summed E-state index contributed by atoms with van der Waals surface area (Å²) in [6.07, 6.45) is 0.0471. The van der Waals surface area contributed by atoms with Crippen LogP contribution in [0.3, 0.4) is 0 Å². The minimum atomic E-state index is -0.347. The Morgan fingerprint density at radius 3 is 2.88 bits per heavy atom. The van der Waals surface area contributed by atoms with Gasteiger partial charge in [-0.2, -0.15) is 5.26 Å². The molecule has 0 saturated carbocycles. The molecule has 0 aliphatic rings. The molecule has 0 amide bonds. The summed E-state index contributed by atoms with van der Waals surface area (Å²) in [5.74, 6) is 5.12. The molecule has 1 aromatic carbocycles. The van der Waals surface area contributed by atoms with Crippen molar-refractivity contribution in [2.24, 2.45) is 0 Å². The van der Waals surface area contributed by atoms with E-state index < -0.39 is 0 Å². The van der Waals surface area contributed by atoms with Gasteiger partial charge in [-0.3, -0.25) is 4.79 Å². The number of hydrogen-bond acceptors (Lipinski definition) is 3. The van der Waals surface area contributed by atoms with Gasteiger partial charge in [-0.15, -0.1) is 0 Å². The van der Waals surface area contributed by atoms with E-state index in [4.69, 9.17) is 21.6 Å². The maximum Gasteiger partial charge on any atom is 0.317 e. The lowest BCUT2D eigenvalue weighted by molar-refractivity contribution is -0.141. The lowest BCUT2D eigenvalue weighted by Crippen LogP contribution is -2.01. The van der Waals surface area contributed by atoms with Crippen LogP contribution in [0, 0.1) is 23.2 Å². The fraction of sp³-hybridized carbons (Fsp3) is 0.231. The summed E-state index contributed by atoms with van der Waals surface area (Å²) in [4.78, 5) is 11.0. The van der Waals surface area contributed by atoms with Crippen LogP contribution in [0.4, 0.5) is 0 Å². The standard InChI is InChI=1S/C13H10ClNO2/c1-2-17-13(16)5-3-4-10-6-7-11(9-15)12(14)8-10/h6-8H,2,5H2,1H3. The lowest BCUT2D eigenvalue weighted by Gasteiger charge is -1.96. The Morgan fingerprint density at radius 1 is 1.53 bits per heavy atom. The highest BCUT2D eigenvalue weighted by molar-refractivity contribution is 6.31. The zero-order chi connectivity index (χ0) is 12.7. The van der Waals surface area contributed by atoms with Crippen LogP contribution in [-0.4, -0.2) is 12.6 Å². The van der Waals surface area contributed by atoms with E-state index in [0.29, 0.717) is 22.8 Å². The highest BCUT2D eigenvalue weighted by atomic mass is 35.5. The van der Waals surface area contributed by atoms with Crippen LogP contribution < -0.4 is 0 Å². The Morgan fingerprint density at radius 2 is 2.29 bits per heavy atom. The number of ether oxygens (including phenoxy) is 1. The number of rotatable bonds is 2. The molecule has 17 heavy (non-hydrogen) atoms. The topological polar surface area (TPSA) is 50.1 Å². The zero-order valence-electron chi connectivity index (χ0n) is 9.29. The van der Waals surface area contributed by atoms with Gasteiger partial charge in [-0.05, 0) is 25.1 Å². The van der Waals surface area contributed by atoms with Gasteiger partial charge >= 0.3 is 5.97 Å². The number of nitriles is 1. The Kier molecular flexibility index (Phi) is 5.07. The molecule has 0 aliphatic heterocycles. The molecule has 1 aromatic rings. The molecule has 0 heterocycles. The van der Waals surface area contributed by atoms with Crippen molar-refractivity contribution in [2.75, 3.05) is 6.61 Å². The molecule has 1 rings (SSSR count). The third-order valence-corrected chi connectivity index (χ3v) is 2.17. The number of esters is 1. The molecule has 0 unspecified atom stereocenters. The first-order valence-corrected chi connectivity index (χ1v) is 5.39. The van der Waals surface area contributed by atoms with Crippen LogP contribution in [0.15, 0.2) is 18.2 Å². The van der Waals surface area contributed by atoms with E-state index >= 15 is 0 Å². The van der Waals surface area contributed by atoms with Crippen LogP contribution >= 0.6 is 11.6 Å². The summed E-state index contributed by atoms with van der Waals surface area (Å²) < 4.78 is 4.73. The van der Waals surface area contributed by atoms with Gasteiger partial charge < -0.3 is 4.74 Å². The second-order valence-electron chi connectivity index (χ2n) is 3.09. The normalized spacial score (nSPS) is 8.76. The second kappa shape index (κ2) is 6.58. The first kappa shape index (κ1) is 13.1. The Bertz CT molecular complexity index is 520. The fourth-order valence-corrected chi connectivity index (χ4v) is 1.34. The van der Waals surface area contributed by atoms with Gasteiger partial charge in [0, 0.05) is 5.56 Å². The van der Waals surface area contributed by atoms with Crippen molar-refractivity contribution in [3.8, 4) is 17.9 Å². The zero-order valence-corrected chi connectivity index (χ0v) is 10.0. The summed E-state index contributed by atoms with van der Waals surface area (Å²) in [5.41, 5.74) is 1.07. The summed E-state index contributed by atoms with van der Waals surface area (Å²) in [7, 11) is 0. The predicted molar refractivity (Wildman–Crippen MR) is 64.3 cm³/mol. The molecule has 0 atom stereocenters.